The fourth-order valence-electron chi connectivity index (χ4n) is 2.22. The molecule has 0 radical (unpaired) electrons. The molecule has 0 aromatic rings. The summed E-state index contributed by atoms with van der Waals surface area (Å²) in [7, 11) is -3.11. The lowest BCUT2D eigenvalue weighted by atomic mass is 10.2. The normalized spacial score (nSPS) is 18.8. The topological polar surface area (TPSA) is 72.9 Å². The van der Waals surface area contributed by atoms with Gasteiger partial charge in [0.1, 0.15) is 0 Å². The minimum Gasteiger partial charge on any atom is -0.395 e. The lowest BCUT2D eigenvalue weighted by molar-refractivity contribution is 0.111. The molecule has 0 amide bonds. The van der Waals surface area contributed by atoms with Crippen LogP contribution in [0, 0.1) is 0 Å². The number of rotatable bonds is 9. The van der Waals surface area contributed by atoms with Crippen LogP contribution in [0.25, 0.3) is 0 Å². The van der Waals surface area contributed by atoms with Crippen molar-refractivity contribution in [1.29, 1.82) is 0 Å². The molecule has 120 valence electrons. The summed E-state index contributed by atoms with van der Waals surface area (Å²) in [6.45, 7) is 10.0. The number of piperazine rings is 1. The molecule has 20 heavy (non-hydrogen) atoms. The summed E-state index contributed by atoms with van der Waals surface area (Å²) in [6, 6.07) is 0. The van der Waals surface area contributed by atoms with Crippen molar-refractivity contribution < 1.29 is 13.5 Å². The van der Waals surface area contributed by atoms with Crippen LogP contribution in [0.3, 0.4) is 0 Å². The van der Waals surface area contributed by atoms with Gasteiger partial charge in [0.15, 0.2) is 0 Å². The molecule has 0 aromatic heterocycles. The van der Waals surface area contributed by atoms with E-state index in [0.29, 0.717) is 6.54 Å². The Bertz CT molecular complexity index is 352. The van der Waals surface area contributed by atoms with Gasteiger partial charge in [0.25, 0.3) is 0 Å². The zero-order valence-corrected chi connectivity index (χ0v) is 13.5. The smallest absolute Gasteiger partial charge is 0.213 e. The monoisotopic (exact) mass is 307 g/mol. The van der Waals surface area contributed by atoms with Crippen molar-refractivity contribution in [3.8, 4) is 0 Å². The Balaban J connectivity index is 2.06. The van der Waals surface area contributed by atoms with Crippen LogP contribution in [0.5, 0.6) is 0 Å². The molecular weight excluding hydrogens is 278 g/mol. The summed E-state index contributed by atoms with van der Waals surface area (Å²) in [5.41, 5.74) is 0. The summed E-state index contributed by atoms with van der Waals surface area (Å²) in [6.07, 6.45) is 1.89. The van der Waals surface area contributed by atoms with Crippen LogP contribution in [0.2, 0.25) is 0 Å². The Morgan fingerprint density at radius 2 is 1.60 bits per heavy atom. The number of hydrogen-bond donors (Lipinski definition) is 2. The van der Waals surface area contributed by atoms with Crippen molar-refractivity contribution in [3.05, 3.63) is 0 Å². The zero-order chi connectivity index (χ0) is 15.0. The molecule has 1 aliphatic rings. The van der Waals surface area contributed by atoms with Gasteiger partial charge in [0.05, 0.1) is 11.9 Å². The van der Waals surface area contributed by atoms with E-state index < -0.39 is 10.0 Å². The Kier molecular flexibility index (Phi) is 7.98. The Hall–Kier alpha value is -0.210. The van der Waals surface area contributed by atoms with Crippen molar-refractivity contribution in [2.75, 3.05) is 52.4 Å². The summed E-state index contributed by atoms with van der Waals surface area (Å²) < 4.78 is 25.7. The Morgan fingerprint density at radius 1 is 1.05 bits per heavy atom. The van der Waals surface area contributed by atoms with Crippen molar-refractivity contribution in [2.24, 2.45) is 0 Å². The number of hydrogen-bond acceptors (Lipinski definition) is 5. The van der Waals surface area contributed by atoms with E-state index >= 15 is 0 Å². The van der Waals surface area contributed by atoms with Gasteiger partial charge in [-0.05, 0) is 33.2 Å². The lowest BCUT2D eigenvalue weighted by Crippen LogP contribution is -2.47. The predicted octanol–water partition coefficient (Wildman–Crippen LogP) is -0.296. The molecule has 1 rings (SSSR count). The number of unbranched alkanes of at least 4 members (excludes halogenated alkanes) is 1. The molecule has 1 aliphatic heterocycles. The maximum atomic E-state index is 11.5. The van der Waals surface area contributed by atoms with Crippen molar-refractivity contribution in [3.63, 3.8) is 0 Å². The third-order valence-electron chi connectivity index (χ3n) is 3.71. The number of nitrogens with zero attached hydrogens (tertiary/aromatic N) is 2. The number of sulfonamides is 1. The van der Waals surface area contributed by atoms with Crippen molar-refractivity contribution >= 4 is 10.0 Å². The average molecular weight is 307 g/mol. The molecule has 0 saturated carbocycles. The van der Waals surface area contributed by atoms with Crippen LogP contribution in [-0.4, -0.2) is 81.0 Å². The first kappa shape index (κ1) is 17.8. The second-order valence-corrected chi connectivity index (χ2v) is 7.92. The minimum absolute atomic E-state index is 0.232. The molecule has 0 unspecified atom stereocenters. The average Bonchev–Trinajstić information content (AvgIpc) is 2.40. The first-order chi connectivity index (χ1) is 9.45. The quantitative estimate of drug-likeness (QED) is 0.573. The van der Waals surface area contributed by atoms with Gasteiger partial charge < -0.3 is 10.0 Å². The van der Waals surface area contributed by atoms with Crippen LogP contribution >= 0.6 is 0 Å². The highest BCUT2D eigenvalue weighted by atomic mass is 32.2. The number of β-amino-alcohol motifs (C(OH)–C–C–N with tert-alkyl or cyclic N) is 1. The molecule has 1 saturated heterocycles. The van der Waals surface area contributed by atoms with E-state index in [-0.39, 0.29) is 11.9 Å². The first-order valence-corrected chi connectivity index (χ1v) is 9.04. The van der Waals surface area contributed by atoms with Crippen LogP contribution in [-0.2, 0) is 10.0 Å². The van der Waals surface area contributed by atoms with E-state index in [2.05, 4.69) is 14.5 Å². The van der Waals surface area contributed by atoms with Gasteiger partial charge in [0, 0.05) is 39.3 Å². The second kappa shape index (κ2) is 8.94. The van der Waals surface area contributed by atoms with Crippen LogP contribution < -0.4 is 4.72 Å². The fraction of sp³-hybridized carbons (Fsp3) is 1.00. The van der Waals surface area contributed by atoms with Crippen LogP contribution in [0.15, 0.2) is 0 Å². The van der Waals surface area contributed by atoms with Gasteiger partial charge in [0.2, 0.25) is 10.0 Å². The maximum absolute atomic E-state index is 11.5. The Morgan fingerprint density at radius 3 is 2.10 bits per heavy atom. The maximum Gasteiger partial charge on any atom is 0.213 e. The van der Waals surface area contributed by atoms with Gasteiger partial charge in [-0.15, -0.1) is 0 Å². The molecule has 2 N–H and O–H groups in total. The largest absolute Gasteiger partial charge is 0.395 e. The van der Waals surface area contributed by atoms with E-state index in [0.717, 1.165) is 52.1 Å². The summed E-state index contributed by atoms with van der Waals surface area (Å²) in [5.74, 6) is 0. The molecular formula is C13H29N3O3S. The Labute approximate surface area is 123 Å². The predicted molar refractivity (Wildman–Crippen MR) is 81.3 cm³/mol. The highest BCUT2D eigenvalue weighted by Gasteiger charge is 2.16. The highest BCUT2D eigenvalue weighted by molar-refractivity contribution is 7.90. The molecule has 0 aliphatic carbocycles. The van der Waals surface area contributed by atoms with Crippen molar-refractivity contribution in [2.45, 2.75) is 31.9 Å². The number of aliphatic hydroxyl groups excluding tert-OH is 1. The van der Waals surface area contributed by atoms with Gasteiger partial charge >= 0.3 is 0 Å². The zero-order valence-electron chi connectivity index (χ0n) is 12.7. The third-order valence-corrected chi connectivity index (χ3v) is 5.55. The molecule has 7 heteroatoms. The standard InChI is InChI=1S/C13H29N3O3S/c1-13(2)20(18,19)14-5-3-4-6-15-7-9-16(10-8-15)11-12-17/h13-14,17H,3-12H2,1-2H3. The van der Waals surface area contributed by atoms with Crippen LogP contribution in [0.4, 0.5) is 0 Å². The van der Waals surface area contributed by atoms with Gasteiger partial charge in [-0.1, -0.05) is 0 Å². The summed E-state index contributed by atoms with van der Waals surface area (Å²) >= 11 is 0. The summed E-state index contributed by atoms with van der Waals surface area (Å²) in [4.78, 5) is 4.68. The van der Waals surface area contributed by atoms with E-state index in [1.807, 2.05) is 0 Å². The number of nitrogens with one attached hydrogen (secondary N) is 1. The molecule has 1 fully saturated rings. The van der Waals surface area contributed by atoms with E-state index in [9.17, 15) is 8.42 Å². The second-order valence-electron chi connectivity index (χ2n) is 5.60. The molecule has 0 atom stereocenters. The van der Waals surface area contributed by atoms with E-state index in [1.54, 1.807) is 13.8 Å². The summed E-state index contributed by atoms with van der Waals surface area (Å²) in [5, 5.41) is 8.52. The third kappa shape index (κ3) is 6.49. The molecule has 0 bridgehead atoms. The molecule has 0 spiro atoms. The number of aliphatic hydroxyl groups is 1. The first-order valence-electron chi connectivity index (χ1n) is 7.50. The van der Waals surface area contributed by atoms with Crippen LogP contribution in [0.1, 0.15) is 26.7 Å². The fourth-order valence-corrected chi connectivity index (χ4v) is 2.98. The highest BCUT2D eigenvalue weighted by Crippen LogP contribution is 2.03. The van der Waals surface area contributed by atoms with Gasteiger partial charge in [-0.2, -0.15) is 0 Å². The molecule has 0 aromatic carbocycles. The van der Waals surface area contributed by atoms with E-state index in [4.69, 9.17) is 5.11 Å². The molecule has 6 nitrogen and oxygen atoms in total. The van der Waals surface area contributed by atoms with Crippen molar-refractivity contribution in [1.82, 2.24) is 14.5 Å². The van der Waals surface area contributed by atoms with E-state index in [1.165, 1.54) is 0 Å². The lowest BCUT2D eigenvalue weighted by Gasteiger charge is -2.34. The van der Waals surface area contributed by atoms with Gasteiger partial charge in [-0.25, -0.2) is 13.1 Å². The SMILES string of the molecule is CC(C)S(=O)(=O)NCCCCN1CCN(CCO)CC1. The minimum atomic E-state index is -3.11. The van der Waals surface area contributed by atoms with Gasteiger partial charge in [-0.3, -0.25) is 4.90 Å². The molecule has 1 heterocycles.